The van der Waals surface area contributed by atoms with Gasteiger partial charge in [0.05, 0.1) is 12.7 Å². The SMILES string of the molecule is C=C1C(C)C2=C(C)C(O)CC(C)(C(C)C3C4(OC(C)=O)COC4CC(C)C13C)C2(C)C. The second-order valence-electron chi connectivity index (χ2n) is 12.1. The van der Waals surface area contributed by atoms with E-state index in [-0.39, 0.29) is 46.1 Å². The Morgan fingerprint density at radius 3 is 2.32 bits per heavy atom. The van der Waals surface area contributed by atoms with Crippen molar-refractivity contribution in [3.63, 3.8) is 0 Å². The zero-order valence-corrected chi connectivity index (χ0v) is 21.0. The third kappa shape index (κ3) is 2.58. The van der Waals surface area contributed by atoms with Gasteiger partial charge in [0.15, 0.2) is 5.60 Å². The Balaban J connectivity index is 2.02. The van der Waals surface area contributed by atoms with Crippen LogP contribution >= 0.6 is 0 Å². The number of hydrogen-bond acceptors (Lipinski definition) is 4. The fourth-order valence-electron chi connectivity index (χ4n) is 8.62. The maximum Gasteiger partial charge on any atom is 0.303 e. The van der Waals surface area contributed by atoms with E-state index < -0.39 is 11.7 Å². The number of esters is 1. The molecule has 1 saturated heterocycles. The lowest BCUT2D eigenvalue weighted by molar-refractivity contribution is -0.328. The first-order chi connectivity index (χ1) is 14.2. The largest absolute Gasteiger partial charge is 0.454 e. The van der Waals surface area contributed by atoms with E-state index >= 15 is 0 Å². The maximum atomic E-state index is 12.3. The summed E-state index contributed by atoms with van der Waals surface area (Å²) in [6, 6.07) is 0. The molecule has 0 aromatic rings. The van der Waals surface area contributed by atoms with Crippen LogP contribution in [0.1, 0.15) is 75.2 Å². The lowest BCUT2D eigenvalue weighted by atomic mass is 9.38. The lowest BCUT2D eigenvalue weighted by Crippen LogP contribution is -2.75. The number of rotatable bonds is 1. The quantitative estimate of drug-likeness (QED) is 0.453. The molecule has 1 aliphatic heterocycles. The van der Waals surface area contributed by atoms with Crippen LogP contribution < -0.4 is 0 Å². The van der Waals surface area contributed by atoms with Gasteiger partial charge in [0, 0.05) is 12.8 Å². The van der Waals surface area contributed by atoms with Crippen LogP contribution in [0.5, 0.6) is 0 Å². The van der Waals surface area contributed by atoms with Crippen LogP contribution in [0.3, 0.4) is 0 Å². The molecule has 1 heterocycles. The second-order valence-corrected chi connectivity index (χ2v) is 12.1. The van der Waals surface area contributed by atoms with Crippen LogP contribution in [0, 0.1) is 39.9 Å². The van der Waals surface area contributed by atoms with Crippen LogP contribution in [0.15, 0.2) is 23.3 Å². The van der Waals surface area contributed by atoms with Crippen LogP contribution in [0.4, 0.5) is 0 Å². The van der Waals surface area contributed by atoms with Gasteiger partial charge in [-0.2, -0.15) is 0 Å². The topological polar surface area (TPSA) is 55.8 Å². The molecule has 174 valence electrons. The van der Waals surface area contributed by atoms with Crippen LogP contribution in [-0.2, 0) is 14.3 Å². The van der Waals surface area contributed by atoms with Gasteiger partial charge in [-0.05, 0) is 59.3 Å². The summed E-state index contributed by atoms with van der Waals surface area (Å²) in [5.74, 6) is 0.558. The molecule has 9 atom stereocenters. The van der Waals surface area contributed by atoms with Gasteiger partial charge < -0.3 is 14.6 Å². The molecule has 0 aromatic carbocycles. The molecule has 3 aliphatic carbocycles. The highest BCUT2D eigenvalue weighted by Crippen LogP contribution is 2.71. The van der Waals surface area contributed by atoms with Gasteiger partial charge in [-0.15, -0.1) is 0 Å². The molecule has 9 unspecified atom stereocenters. The molecule has 2 bridgehead atoms. The van der Waals surface area contributed by atoms with E-state index in [1.165, 1.54) is 18.1 Å². The summed E-state index contributed by atoms with van der Waals surface area (Å²) < 4.78 is 12.3. The van der Waals surface area contributed by atoms with E-state index in [4.69, 9.17) is 16.1 Å². The van der Waals surface area contributed by atoms with Crippen molar-refractivity contribution < 1.29 is 19.4 Å². The number of carbonyl (C=O) groups excluding carboxylic acids is 1. The minimum atomic E-state index is -0.618. The number of allylic oxidation sites excluding steroid dienone is 2. The summed E-state index contributed by atoms with van der Waals surface area (Å²) in [7, 11) is 0. The molecule has 0 radical (unpaired) electrons. The Labute approximate surface area is 188 Å². The normalized spacial score (nSPS) is 51.1. The zero-order chi connectivity index (χ0) is 23.3. The molecule has 0 spiro atoms. The number of aliphatic hydroxyl groups is 1. The number of hydrogen-bond donors (Lipinski definition) is 1. The van der Waals surface area contributed by atoms with E-state index in [2.05, 4.69) is 55.4 Å². The average molecular weight is 431 g/mol. The fraction of sp³-hybridized carbons (Fsp3) is 0.815. The summed E-state index contributed by atoms with van der Waals surface area (Å²) in [6.45, 7) is 25.1. The van der Waals surface area contributed by atoms with E-state index in [9.17, 15) is 9.90 Å². The van der Waals surface area contributed by atoms with Gasteiger partial charge in [0.1, 0.15) is 6.10 Å². The summed E-state index contributed by atoms with van der Waals surface area (Å²) >= 11 is 0. The van der Waals surface area contributed by atoms with Crippen molar-refractivity contribution in [1.29, 1.82) is 0 Å². The third-order valence-electron chi connectivity index (χ3n) is 10.9. The molecule has 0 aromatic heterocycles. The van der Waals surface area contributed by atoms with Gasteiger partial charge >= 0.3 is 5.97 Å². The maximum absolute atomic E-state index is 12.3. The van der Waals surface area contributed by atoms with Gasteiger partial charge in [-0.1, -0.05) is 66.2 Å². The molecular weight excluding hydrogens is 388 g/mol. The molecule has 1 N–H and O–H groups in total. The molecule has 31 heavy (non-hydrogen) atoms. The Kier molecular flexibility index (Phi) is 4.98. The lowest BCUT2D eigenvalue weighted by Gasteiger charge is -2.70. The Bertz CT molecular complexity index is 855. The number of carbonyl (C=O) groups is 1. The highest BCUT2D eigenvalue weighted by molar-refractivity contribution is 5.67. The minimum absolute atomic E-state index is 0.0635. The van der Waals surface area contributed by atoms with Crippen LogP contribution in [0.2, 0.25) is 0 Å². The average Bonchev–Trinajstić information content (AvgIpc) is 2.65. The van der Waals surface area contributed by atoms with Gasteiger partial charge in [0.2, 0.25) is 0 Å². The van der Waals surface area contributed by atoms with Crippen molar-refractivity contribution in [2.24, 2.45) is 39.9 Å². The highest BCUT2D eigenvalue weighted by atomic mass is 16.6. The number of ether oxygens (including phenoxy) is 2. The van der Waals surface area contributed by atoms with Crippen molar-refractivity contribution in [3.8, 4) is 0 Å². The monoisotopic (exact) mass is 430 g/mol. The zero-order valence-electron chi connectivity index (χ0n) is 21.0. The third-order valence-corrected chi connectivity index (χ3v) is 10.9. The smallest absolute Gasteiger partial charge is 0.303 e. The van der Waals surface area contributed by atoms with Crippen LogP contribution in [0.25, 0.3) is 0 Å². The number of fused-ring (bicyclic) bond motifs is 5. The Hall–Kier alpha value is -1.13. The summed E-state index contributed by atoms with van der Waals surface area (Å²) in [6.07, 6.45) is 1.08. The van der Waals surface area contributed by atoms with E-state index in [1.807, 2.05) is 0 Å². The Morgan fingerprint density at radius 2 is 1.81 bits per heavy atom. The minimum Gasteiger partial charge on any atom is -0.454 e. The molecule has 0 amide bonds. The molecular formula is C27H42O4. The van der Waals surface area contributed by atoms with Crippen molar-refractivity contribution in [3.05, 3.63) is 23.3 Å². The second kappa shape index (κ2) is 6.70. The molecule has 4 aliphatic rings. The molecule has 3 fully saturated rings. The fourth-order valence-corrected chi connectivity index (χ4v) is 8.62. The first-order valence-corrected chi connectivity index (χ1v) is 12.1. The molecule has 4 rings (SSSR count). The van der Waals surface area contributed by atoms with Gasteiger partial charge in [-0.3, -0.25) is 4.79 Å². The molecule has 4 heteroatoms. The van der Waals surface area contributed by atoms with E-state index in [0.717, 1.165) is 18.4 Å². The van der Waals surface area contributed by atoms with Gasteiger partial charge in [-0.25, -0.2) is 0 Å². The summed E-state index contributed by atoms with van der Waals surface area (Å²) in [5, 5.41) is 11.2. The molecule has 4 nitrogen and oxygen atoms in total. The first kappa shape index (κ1) is 23.0. The van der Waals surface area contributed by atoms with Gasteiger partial charge in [0.25, 0.3) is 0 Å². The van der Waals surface area contributed by atoms with Crippen LogP contribution in [-0.4, -0.2) is 35.5 Å². The first-order valence-electron chi connectivity index (χ1n) is 12.1. The van der Waals surface area contributed by atoms with Crippen molar-refractivity contribution in [1.82, 2.24) is 0 Å². The highest BCUT2D eigenvalue weighted by Gasteiger charge is 2.72. The Morgan fingerprint density at radius 1 is 1.19 bits per heavy atom. The van der Waals surface area contributed by atoms with Crippen molar-refractivity contribution >= 4 is 5.97 Å². The van der Waals surface area contributed by atoms with E-state index in [0.29, 0.717) is 12.5 Å². The van der Waals surface area contributed by atoms with E-state index in [1.54, 1.807) is 0 Å². The molecule has 2 saturated carbocycles. The van der Waals surface area contributed by atoms with Crippen molar-refractivity contribution in [2.45, 2.75) is 93.0 Å². The van der Waals surface area contributed by atoms with Crippen molar-refractivity contribution in [2.75, 3.05) is 6.61 Å². The predicted octanol–water partition coefficient (Wildman–Crippen LogP) is 5.31. The summed E-state index contributed by atoms with van der Waals surface area (Å²) in [5.41, 5.74) is 2.60. The summed E-state index contributed by atoms with van der Waals surface area (Å²) in [4.78, 5) is 12.3. The standard InChI is InChI=1S/C27H42O4/c1-14-11-21-27(13-30-21,31-19(6)28)23-18(5)25(9)12-20(29)16(3)22(24(25,7)8)15(2)17(4)26(14,23)10/h14-15,18,20-21,23,29H,4,11-13H2,1-3,5-10H3. The predicted molar refractivity (Wildman–Crippen MR) is 122 cm³/mol. The number of aliphatic hydroxyl groups excluding tert-OH is 1.